The smallest absolute Gasteiger partial charge is 0.387 e. The fourth-order valence-corrected chi connectivity index (χ4v) is 2.44. The van der Waals surface area contributed by atoms with Crippen molar-refractivity contribution in [1.82, 2.24) is 25.4 Å². The Hall–Kier alpha value is -2.23. The molecular formula is C15H19BrF2N6O. The Labute approximate surface area is 152 Å². The number of ether oxygens (including phenoxy) is 1. The number of hydrogen-bond donors (Lipinski definition) is 2. The molecule has 0 amide bonds. The molecule has 0 saturated heterocycles. The fourth-order valence-electron chi connectivity index (χ4n) is 2.03. The Morgan fingerprint density at radius 3 is 2.84 bits per heavy atom. The first-order valence-corrected chi connectivity index (χ1v) is 8.37. The van der Waals surface area contributed by atoms with Crippen molar-refractivity contribution < 1.29 is 13.5 Å². The van der Waals surface area contributed by atoms with E-state index in [4.69, 9.17) is 0 Å². The van der Waals surface area contributed by atoms with E-state index in [0.29, 0.717) is 24.6 Å². The summed E-state index contributed by atoms with van der Waals surface area (Å²) in [5.74, 6) is 1.38. The third-order valence-corrected chi connectivity index (χ3v) is 3.70. The summed E-state index contributed by atoms with van der Waals surface area (Å²) in [6, 6.07) is 4.83. The van der Waals surface area contributed by atoms with Crippen molar-refractivity contribution in [3.8, 4) is 5.75 Å². The monoisotopic (exact) mass is 416 g/mol. The predicted octanol–water partition coefficient (Wildman–Crippen LogP) is 2.43. The van der Waals surface area contributed by atoms with E-state index in [1.807, 2.05) is 6.92 Å². The van der Waals surface area contributed by atoms with Crippen molar-refractivity contribution in [3.63, 3.8) is 0 Å². The molecule has 0 spiro atoms. The van der Waals surface area contributed by atoms with Gasteiger partial charge < -0.3 is 15.4 Å². The number of aromatic nitrogens is 3. The summed E-state index contributed by atoms with van der Waals surface area (Å²) in [5.41, 5.74) is 0.547. The average molecular weight is 417 g/mol. The third-order valence-electron chi connectivity index (χ3n) is 3.21. The maximum Gasteiger partial charge on any atom is 0.387 e. The molecule has 0 bridgehead atoms. The molecule has 25 heavy (non-hydrogen) atoms. The second kappa shape index (κ2) is 9.30. The topological polar surface area (TPSA) is 76.4 Å². The van der Waals surface area contributed by atoms with Crippen LogP contribution in [0, 0.1) is 0 Å². The molecule has 2 aromatic rings. The van der Waals surface area contributed by atoms with Crippen molar-refractivity contribution in [2.24, 2.45) is 12.0 Å². The summed E-state index contributed by atoms with van der Waals surface area (Å²) in [6.07, 6.45) is 1.47. The molecule has 0 aliphatic rings. The highest BCUT2D eigenvalue weighted by Gasteiger charge is 2.10. The number of halogens is 3. The molecule has 136 valence electrons. The number of nitrogens with one attached hydrogen (secondary N) is 2. The number of guanidine groups is 1. The molecule has 7 nitrogen and oxygen atoms in total. The minimum absolute atomic E-state index is 0.103. The van der Waals surface area contributed by atoms with E-state index < -0.39 is 6.61 Å². The van der Waals surface area contributed by atoms with Crippen LogP contribution in [0.2, 0.25) is 0 Å². The summed E-state index contributed by atoms with van der Waals surface area (Å²) >= 11 is 3.32. The van der Waals surface area contributed by atoms with Gasteiger partial charge in [-0.05, 0) is 25.1 Å². The fraction of sp³-hybridized carbons (Fsp3) is 0.400. The van der Waals surface area contributed by atoms with Crippen molar-refractivity contribution in [3.05, 3.63) is 40.4 Å². The van der Waals surface area contributed by atoms with Gasteiger partial charge in [0.15, 0.2) is 5.96 Å². The van der Waals surface area contributed by atoms with Crippen molar-refractivity contribution in [2.75, 3.05) is 6.54 Å². The summed E-state index contributed by atoms with van der Waals surface area (Å²) in [4.78, 5) is 8.53. The van der Waals surface area contributed by atoms with Crippen LogP contribution in [-0.4, -0.2) is 33.9 Å². The zero-order chi connectivity index (χ0) is 18.2. The highest BCUT2D eigenvalue weighted by atomic mass is 79.9. The van der Waals surface area contributed by atoms with Gasteiger partial charge in [-0.25, -0.2) is 9.98 Å². The van der Waals surface area contributed by atoms with Crippen LogP contribution in [0.4, 0.5) is 8.78 Å². The van der Waals surface area contributed by atoms with Gasteiger partial charge in [-0.2, -0.15) is 13.9 Å². The van der Waals surface area contributed by atoms with Crippen LogP contribution in [-0.2, 0) is 20.1 Å². The largest absolute Gasteiger partial charge is 0.434 e. The van der Waals surface area contributed by atoms with Crippen molar-refractivity contribution >= 4 is 21.9 Å². The summed E-state index contributed by atoms with van der Waals surface area (Å²) in [7, 11) is 1.80. The van der Waals surface area contributed by atoms with Crippen LogP contribution in [0.1, 0.15) is 18.3 Å². The maximum atomic E-state index is 12.5. The minimum atomic E-state index is -2.88. The number of alkyl halides is 2. The first kappa shape index (κ1) is 19.1. The van der Waals surface area contributed by atoms with Gasteiger partial charge in [0.25, 0.3) is 0 Å². The first-order valence-electron chi connectivity index (χ1n) is 7.58. The average Bonchev–Trinajstić information content (AvgIpc) is 2.97. The summed E-state index contributed by atoms with van der Waals surface area (Å²) in [5, 5.41) is 10.2. The molecule has 0 fully saturated rings. The van der Waals surface area contributed by atoms with Crippen LogP contribution < -0.4 is 15.4 Å². The molecule has 10 heteroatoms. The van der Waals surface area contributed by atoms with Crippen LogP contribution in [0.25, 0.3) is 0 Å². The molecule has 1 heterocycles. The predicted molar refractivity (Wildman–Crippen MR) is 93.4 cm³/mol. The Kier molecular flexibility index (Phi) is 7.11. The summed E-state index contributed by atoms with van der Waals surface area (Å²) in [6.45, 7) is 0.316. The molecule has 0 aliphatic carbocycles. The number of aryl methyl sites for hydroxylation is 1. The highest BCUT2D eigenvalue weighted by molar-refractivity contribution is 9.10. The maximum absolute atomic E-state index is 12.5. The lowest BCUT2D eigenvalue weighted by molar-refractivity contribution is -0.0504. The SMILES string of the molecule is CCNC(=NCc1cc(Br)ccc1OC(F)F)NCc1ncnn1C. The Morgan fingerprint density at radius 2 is 2.20 bits per heavy atom. The zero-order valence-corrected chi connectivity index (χ0v) is 15.4. The minimum Gasteiger partial charge on any atom is -0.434 e. The van der Waals surface area contributed by atoms with Gasteiger partial charge in [-0.1, -0.05) is 15.9 Å². The van der Waals surface area contributed by atoms with Gasteiger partial charge >= 0.3 is 6.61 Å². The van der Waals surface area contributed by atoms with E-state index in [1.54, 1.807) is 23.9 Å². The van der Waals surface area contributed by atoms with Crippen LogP contribution in [0.15, 0.2) is 34.0 Å². The zero-order valence-electron chi connectivity index (χ0n) is 13.8. The third kappa shape index (κ3) is 5.96. The lowest BCUT2D eigenvalue weighted by Gasteiger charge is -2.13. The molecule has 1 aromatic carbocycles. The van der Waals surface area contributed by atoms with Gasteiger partial charge in [-0.15, -0.1) is 0 Å². The number of rotatable bonds is 7. The molecule has 0 unspecified atom stereocenters. The normalized spacial score (nSPS) is 11.7. The molecule has 0 radical (unpaired) electrons. The van der Waals surface area contributed by atoms with Crippen LogP contribution >= 0.6 is 15.9 Å². The molecule has 1 aromatic heterocycles. The number of benzene rings is 1. The first-order chi connectivity index (χ1) is 12.0. The van der Waals surface area contributed by atoms with Gasteiger partial charge in [0.05, 0.1) is 13.1 Å². The van der Waals surface area contributed by atoms with E-state index in [1.165, 1.54) is 12.4 Å². The van der Waals surface area contributed by atoms with E-state index in [-0.39, 0.29) is 12.3 Å². The number of nitrogens with zero attached hydrogens (tertiary/aromatic N) is 4. The van der Waals surface area contributed by atoms with E-state index >= 15 is 0 Å². The molecule has 0 aliphatic heterocycles. The van der Waals surface area contributed by atoms with E-state index in [0.717, 1.165) is 10.3 Å². The molecule has 2 rings (SSSR count). The highest BCUT2D eigenvalue weighted by Crippen LogP contribution is 2.25. The van der Waals surface area contributed by atoms with Crippen LogP contribution in [0.5, 0.6) is 5.75 Å². The van der Waals surface area contributed by atoms with Crippen molar-refractivity contribution in [1.29, 1.82) is 0 Å². The van der Waals surface area contributed by atoms with Gasteiger partial charge in [0, 0.05) is 23.6 Å². The lowest BCUT2D eigenvalue weighted by Crippen LogP contribution is -2.37. The molecule has 0 atom stereocenters. The number of aliphatic imine (C=N–C) groups is 1. The molecule has 2 N–H and O–H groups in total. The summed E-state index contributed by atoms with van der Waals surface area (Å²) < 4.78 is 32.0. The quantitative estimate of drug-likeness (QED) is 0.535. The molecule has 0 saturated carbocycles. The van der Waals surface area contributed by atoms with Gasteiger partial charge in [0.1, 0.15) is 17.9 Å². The van der Waals surface area contributed by atoms with E-state index in [9.17, 15) is 8.78 Å². The second-order valence-corrected chi connectivity index (χ2v) is 5.89. The Morgan fingerprint density at radius 1 is 1.40 bits per heavy atom. The number of hydrogen-bond acceptors (Lipinski definition) is 4. The second-order valence-electron chi connectivity index (χ2n) is 4.98. The van der Waals surface area contributed by atoms with Crippen LogP contribution in [0.3, 0.4) is 0 Å². The Balaban J connectivity index is 2.09. The van der Waals surface area contributed by atoms with Gasteiger partial charge in [0.2, 0.25) is 0 Å². The van der Waals surface area contributed by atoms with Gasteiger partial charge in [-0.3, -0.25) is 4.68 Å². The molecular weight excluding hydrogens is 398 g/mol. The van der Waals surface area contributed by atoms with E-state index in [2.05, 4.69) is 46.4 Å². The lowest BCUT2D eigenvalue weighted by atomic mass is 10.2. The standard InChI is InChI=1S/C15H19BrF2N6O/c1-3-19-15(21-8-13-22-9-23-24(13)2)20-7-10-6-11(16)4-5-12(10)25-14(17)18/h4-6,9,14H,3,7-8H2,1-2H3,(H2,19,20,21). The van der Waals surface area contributed by atoms with Crippen molar-refractivity contribution in [2.45, 2.75) is 26.6 Å². The Bertz CT molecular complexity index is 722.